The van der Waals surface area contributed by atoms with Crippen molar-refractivity contribution >= 4 is 15.9 Å². The van der Waals surface area contributed by atoms with Crippen molar-refractivity contribution in [1.82, 2.24) is 0 Å². The predicted molar refractivity (Wildman–Crippen MR) is 43.6 cm³/mol. The summed E-state index contributed by atoms with van der Waals surface area (Å²) in [5.41, 5.74) is 0.938. The maximum atomic E-state index is 12.8. The summed E-state index contributed by atoms with van der Waals surface area (Å²) in [7, 11) is 0. The fourth-order valence-electron chi connectivity index (χ4n) is 0.759. The maximum Gasteiger partial charge on any atom is 0.142 e. The summed E-state index contributed by atoms with van der Waals surface area (Å²) < 4.78 is 13.3. The normalized spacial score (nSPS) is 9.27. The topological polar surface area (TPSA) is 23.8 Å². The van der Waals surface area contributed by atoms with E-state index in [0.29, 0.717) is 4.47 Å². The molecule has 1 aromatic carbocycles. The Kier molecular flexibility index (Phi) is 2.25. The molecule has 11 heavy (non-hydrogen) atoms. The summed E-state index contributed by atoms with van der Waals surface area (Å²) in [4.78, 5) is 0. The molecule has 0 aliphatic carbocycles. The number of aryl methyl sites for hydroxylation is 1. The molecule has 0 fully saturated rings. The first-order valence-electron chi connectivity index (χ1n) is 3.01. The van der Waals surface area contributed by atoms with Gasteiger partial charge in [0.25, 0.3) is 0 Å². The van der Waals surface area contributed by atoms with Crippen LogP contribution in [0, 0.1) is 24.1 Å². The summed E-state index contributed by atoms with van der Waals surface area (Å²) in [5.74, 6) is -0.482. The Morgan fingerprint density at radius 1 is 1.55 bits per heavy atom. The van der Waals surface area contributed by atoms with Crippen molar-refractivity contribution in [3.8, 4) is 6.07 Å². The van der Waals surface area contributed by atoms with Gasteiger partial charge >= 0.3 is 0 Å². The molecule has 0 N–H and O–H groups in total. The second-order valence-corrected chi connectivity index (χ2v) is 2.96. The first-order valence-corrected chi connectivity index (χ1v) is 3.81. The molecule has 0 unspecified atom stereocenters. The van der Waals surface area contributed by atoms with Gasteiger partial charge < -0.3 is 0 Å². The molecule has 0 saturated carbocycles. The number of nitrogens with zero attached hydrogens (tertiary/aromatic N) is 1. The highest BCUT2D eigenvalue weighted by molar-refractivity contribution is 9.10. The van der Waals surface area contributed by atoms with E-state index >= 15 is 0 Å². The fraction of sp³-hybridized carbons (Fsp3) is 0.125. The van der Waals surface area contributed by atoms with Gasteiger partial charge in [-0.25, -0.2) is 4.39 Å². The molecular formula is C8H5BrFN. The van der Waals surface area contributed by atoms with Crippen LogP contribution in [0.4, 0.5) is 4.39 Å². The fourth-order valence-corrected chi connectivity index (χ4v) is 1.17. The van der Waals surface area contributed by atoms with Crippen LogP contribution >= 0.6 is 15.9 Å². The third kappa shape index (κ3) is 1.41. The minimum atomic E-state index is -0.482. The lowest BCUT2D eigenvalue weighted by molar-refractivity contribution is 0.622. The Balaban J connectivity index is 3.44. The van der Waals surface area contributed by atoms with Crippen molar-refractivity contribution in [3.05, 3.63) is 33.5 Å². The van der Waals surface area contributed by atoms with Crippen molar-refractivity contribution in [2.24, 2.45) is 0 Å². The van der Waals surface area contributed by atoms with E-state index in [1.165, 1.54) is 6.07 Å². The molecule has 56 valence electrons. The summed E-state index contributed by atoms with van der Waals surface area (Å²) in [5, 5.41) is 8.50. The minimum absolute atomic E-state index is 0.0741. The van der Waals surface area contributed by atoms with E-state index in [1.54, 1.807) is 12.1 Å². The number of benzene rings is 1. The van der Waals surface area contributed by atoms with Crippen molar-refractivity contribution in [1.29, 1.82) is 5.26 Å². The van der Waals surface area contributed by atoms with Crippen molar-refractivity contribution < 1.29 is 4.39 Å². The number of rotatable bonds is 0. The van der Waals surface area contributed by atoms with E-state index in [0.717, 1.165) is 5.56 Å². The molecule has 1 aromatic rings. The van der Waals surface area contributed by atoms with Gasteiger partial charge in [0.2, 0.25) is 0 Å². The van der Waals surface area contributed by atoms with E-state index in [-0.39, 0.29) is 5.56 Å². The molecule has 1 nitrogen and oxygen atoms in total. The lowest BCUT2D eigenvalue weighted by Crippen LogP contribution is -1.87. The largest absolute Gasteiger partial charge is 0.206 e. The Hall–Kier alpha value is -0.880. The van der Waals surface area contributed by atoms with E-state index < -0.39 is 5.82 Å². The van der Waals surface area contributed by atoms with Crippen LogP contribution < -0.4 is 0 Å². The van der Waals surface area contributed by atoms with Gasteiger partial charge in [-0.2, -0.15) is 5.26 Å². The standard InChI is InChI=1S/C8H5BrFN/c1-5-2-3-7(10)6(4-11)8(5)9/h2-3H,1H3. The smallest absolute Gasteiger partial charge is 0.142 e. The zero-order chi connectivity index (χ0) is 8.43. The molecule has 0 aliphatic heterocycles. The highest BCUT2D eigenvalue weighted by atomic mass is 79.9. The Morgan fingerprint density at radius 2 is 2.18 bits per heavy atom. The van der Waals surface area contributed by atoms with E-state index in [1.807, 2.05) is 6.92 Å². The van der Waals surface area contributed by atoms with Gasteiger partial charge in [-0.1, -0.05) is 6.07 Å². The third-order valence-corrected chi connectivity index (χ3v) is 2.42. The predicted octanol–water partition coefficient (Wildman–Crippen LogP) is 2.77. The molecule has 0 amide bonds. The second kappa shape index (κ2) is 3.02. The lowest BCUT2D eigenvalue weighted by atomic mass is 10.1. The summed E-state index contributed by atoms with van der Waals surface area (Å²) in [6.45, 7) is 1.81. The van der Waals surface area contributed by atoms with Crippen molar-refractivity contribution in [2.45, 2.75) is 6.92 Å². The molecule has 0 aliphatic rings. The molecule has 0 bridgehead atoms. The molecule has 0 spiro atoms. The average molecular weight is 214 g/mol. The minimum Gasteiger partial charge on any atom is -0.206 e. The SMILES string of the molecule is Cc1ccc(F)c(C#N)c1Br. The van der Waals surface area contributed by atoms with Crippen molar-refractivity contribution in [2.75, 3.05) is 0 Å². The zero-order valence-electron chi connectivity index (χ0n) is 5.86. The van der Waals surface area contributed by atoms with E-state index in [9.17, 15) is 4.39 Å². The van der Waals surface area contributed by atoms with Gasteiger partial charge in [0.15, 0.2) is 0 Å². The van der Waals surface area contributed by atoms with Crippen LogP contribution in [0.5, 0.6) is 0 Å². The second-order valence-electron chi connectivity index (χ2n) is 2.17. The van der Waals surface area contributed by atoms with E-state index in [2.05, 4.69) is 15.9 Å². The zero-order valence-corrected chi connectivity index (χ0v) is 7.44. The summed E-state index contributed by atoms with van der Waals surface area (Å²) in [6.07, 6.45) is 0. The number of hydrogen-bond acceptors (Lipinski definition) is 1. The first-order chi connectivity index (χ1) is 5.16. The van der Waals surface area contributed by atoms with Gasteiger partial charge in [0, 0.05) is 4.47 Å². The van der Waals surface area contributed by atoms with Gasteiger partial charge in [-0.05, 0) is 34.5 Å². The highest BCUT2D eigenvalue weighted by Crippen LogP contribution is 2.22. The quantitative estimate of drug-likeness (QED) is 0.651. The van der Waals surface area contributed by atoms with Crippen LogP contribution in [0.1, 0.15) is 11.1 Å². The van der Waals surface area contributed by atoms with Crippen LogP contribution in [0.2, 0.25) is 0 Å². The van der Waals surface area contributed by atoms with Gasteiger partial charge in [0.1, 0.15) is 17.4 Å². The molecule has 3 heteroatoms. The monoisotopic (exact) mass is 213 g/mol. The number of hydrogen-bond donors (Lipinski definition) is 0. The maximum absolute atomic E-state index is 12.8. The van der Waals surface area contributed by atoms with Crippen molar-refractivity contribution in [3.63, 3.8) is 0 Å². The average Bonchev–Trinajstić information content (AvgIpc) is 1.99. The van der Waals surface area contributed by atoms with Gasteiger partial charge in [-0.15, -0.1) is 0 Å². The van der Waals surface area contributed by atoms with Crippen LogP contribution in [-0.4, -0.2) is 0 Å². The Morgan fingerprint density at radius 3 is 2.64 bits per heavy atom. The lowest BCUT2D eigenvalue weighted by Gasteiger charge is -1.99. The van der Waals surface area contributed by atoms with Crippen LogP contribution in [0.15, 0.2) is 16.6 Å². The Bertz CT molecular complexity index is 328. The molecule has 0 heterocycles. The Labute approximate surface area is 72.6 Å². The van der Waals surface area contributed by atoms with E-state index in [4.69, 9.17) is 5.26 Å². The van der Waals surface area contributed by atoms with Crippen LogP contribution in [0.3, 0.4) is 0 Å². The molecule has 0 aromatic heterocycles. The third-order valence-electron chi connectivity index (χ3n) is 1.40. The summed E-state index contributed by atoms with van der Waals surface area (Å²) in [6, 6.07) is 4.70. The molecular weight excluding hydrogens is 209 g/mol. The number of nitriles is 1. The molecule has 0 saturated heterocycles. The molecule has 0 radical (unpaired) electrons. The molecule has 0 atom stereocenters. The highest BCUT2D eigenvalue weighted by Gasteiger charge is 2.07. The van der Waals surface area contributed by atoms with Gasteiger partial charge in [0.05, 0.1) is 0 Å². The summed E-state index contributed by atoms with van der Waals surface area (Å²) >= 11 is 3.13. The van der Waals surface area contributed by atoms with Crippen LogP contribution in [-0.2, 0) is 0 Å². The first kappa shape index (κ1) is 8.22. The van der Waals surface area contributed by atoms with Crippen LogP contribution in [0.25, 0.3) is 0 Å². The van der Waals surface area contributed by atoms with Gasteiger partial charge in [-0.3, -0.25) is 0 Å². The number of halogens is 2. The molecule has 1 rings (SSSR count).